The zero-order chi connectivity index (χ0) is 10.2. The van der Waals surface area contributed by atoms with Gasteiger partial charge in [0.15, 0.2) is 0 Å². The molecule has 0 amide bonds. The molecule has 1 rings (SSSR count). The number of nitrogens with one attached hydrogen (secondary N) is 1. The molecule has 0 aliphatic carbocycles. The van der Waals surface area contributed by atoms with E-state index in [1.807, 2.05) is 7.05 Å². The van der Waals surface area contributed by atoms with Crippen LogP contribution in [0, 0.1) is 0 Å². The lowest BCUT2D eigenvalue weighted by Gasteiger charge is -2.04. The lowest BCUT2D eigenvalue weighted by atomic mass is 10.2. The molecule has 0 fully saturated rings. The molecule has 0 aromatic heterocycles. The third kappa shape index (κ3) is 4.13. The maximum atomic E-state index is 5.46. The number of thioether (sulfide) groups is 1. The van der Waals surface area contributed by atoms with Crippen LogP contribution in [0.4, 0.5) is 0 Å². The number of benzene rings is 1. The van der Waals surface area contributed by atoms with Gasteiger partial charge in [0.05, 0.1) is 13.2 Å². The highest BCUT2D eigenvalue weighted by molar-refractivity contribution is 7.98. The summed E-state index contributed by atoms with van der Waals surface area (Å²) in [5.74, 6) is 0. The summed E-state index contributed by atoms with van der Waals surface area (Å²) in [6.07, 6.45) is 2.08. The molecule has 1 N–H and O–H groups in total. The Morgan fingerprint density at radius 1 is 1.29 bits per heavy atom. The topological polar surface area (TPSA) is 21.3 Å². The van der Waals surface area contributed by atoms with Crippen LogP contribution in [0.25, 0.3) is 0 Å². The minimum Gasteiger partial charge on any atom is -0.375 e. The Morgan fingerprint density at radius 2 is 2.00 bits per heavy atom. The van der Waals surface area contributed by atoms with E-state index < -0.39 is 0 Å². The Labute approximate surface area is 90.0 Å². The van der Waals surface area contributed by atoms with Gasteiger partial charge in [-0.05, 0) is 31.0 Å². The number of ether oxygens (including phenoxy) is 1. The van der Waals surface area contributed by atoms with Crippen molar-refractivity contribution < 1.29 is 4.74 Å². The second-order valence-electron chi connectivity index (χ2n) is 3.00. The van der Waals surface area contributed by atoms with Gasteiger partial charge >= 0.3 is 0 Å². The van der Waals surface area contributed by atoms with Crippen molar-refractivity contribution in [3.05, 3.63) is 29.8 Å². The first-order valence-corrected chi connectivity index (χ1v) is 5.94. The maximum Gasteiger partial charge on any atom is 0.0717 e. The summed E-state index contributed by atoms with van der Waals surface area (Å²) in [6.45, 7) is 2.38. The summed E-state index contributed by atoms with van der Waals surface area (Å²) in [4.78, 5) is 1.30. The minimum absolute atomic E-state index is 0.705. The third-order valence-corrected chi connectivity index (χ3v) is 2.67. The Hall–Kier alpha value is -0.510. The van der Waals surface area contributed by atoms with Crippen molar-refractivity contribution in [3.8, 4) is 0 Å². The Morgan fingerprint density at radius 3 is 2.57 bits per heavy atom. The summed E-state index contributed by atoms with van der Waals surface area (Å²) >= 11 is 1.76. The van der Waals surface area contributed by atoms with E-state index in [4.69, 9.17) is 4.74 Å². The largest absolute Gasteiger partial charge is 0.375 e. The van der Waals surface area contributed by atoms with E-state index >= 15 is 0 Å². The quantitative estimate of drug-likeness (QED) is 0.575. The molecule has 0 unspecified atom stereocenters. The summed E-state index contributed by atoms with van der Waals surface area (Å²) in [5.41, 5.74) is 1.24. The van der Waals surface area contributed by atoms with E-state index in [2.05, 4.69) is 35.8 Å². The lowest BCUT2D eigenvalue weighted by molar-refractivity contribution is 0.124. The van der Waals surface area contributed by atoms with E-state index in [1.165, 1.54) is 10.5 Å². The first-order valence-electron chi connectivity index (χ1n) is 4.72. The van der Waals surface area contributed by atoms with Gasteiger partial charge < -0.3 is 10.1 Å². The molecule has 0 saturated carbocycles. The normalized spacial score (nSPS) is 10.4. The Kier molecular flexibility index (Phi) is 5.68. The van der Waals surface area contributed by atoms with Crippen molar-refractivity contribution in [2.75, 3.05) is 26.5 Å². The van der Waals surface area contributed by atoms with Crippen LogP contribution in [0.2, 0.25) is 0 Å². The fraction of sp³-hybridized carbons (Fsp3) is 0.455. The summed E-state index contributed by atoms with van der Waals surface area (Å²) < 4.78 is 5.46. The van der Waals surface area contributed by atoms with Crippen LogP contribution < -0.4 is 5.32 Å². The predicted molar refractivity (Wildman–Crippen MR) is 61.8 cm³/mol. The van der Waals surface area contributed by atoms with Crippen molar-refractivity contribution >= 4 is 11.8 Å². The second kappa shape index (κ2) is 6.87. The molecule has 0 aliphatic heterocycles. The molecule has 0 saturated heterocycles. The summed E-state index contributed by atoms with van der Waals surface area (Å²) in [6, 6.07) is 8.49. The van der Waals surface area contributed by atoms with Gasteiger partial charge in [-0.2, -0.15) is 0 Å². The highest BCUT2D eigenvalue weighted by atomic mass is 32.2. The van der Waals surface area contributed by atoms with Crippen LogP contribution in [0.15, 0.2) is 29.2 Å². The summed E-state index contributed by atoms with van der Waals surface area (Å²) in [5, 5.41) is 3.04. The predicted octanol–water partition coefficient (Wildman–Crippen LogP) is 2.14. The average Bonchev–Trinajstić information content (AvgIpc) is 2.25. The van der Waals surface area contributed by atoms with E-state index in [-0.39, 0.29) is 0 Å². The van der Waals surface area contributed by atoms with Crippen LogP contribution in [0.1, 0.15) is 5.56 Å². The molecule has 0 aliphatic rings. The molecule has 0 spiro atoms. The second-order valence-corrected chi connectivity index (χ2v) is 3.88. The van der Waals surface area contributed by atoms with Crippen LogP contribution in [0.5, 0.6) is 0 Å². The molecule has 0 radical (unpaired) electrons. The van der Waals surface area contributed by atoms with Crippen LogP contribution >= 0.6 is 11.8 Å². The molecule has 1 aromatic carbocycles. The first-order chi connectivity index (χ1) is 6.86. The molecule has 78 valence electrons. The molecular formula is C11H17NOS. The van der Waals surface area contributed by atoms with E-state index in [0.717, 1.165) is 13.2 Å². The number of hydrogen-bond donors (Lipinski definition) is 1. The SMILES string of the molecule is CNCCOCc1ccc(SC)cc1. The van der Waals surface area contributed by atoms with Gasteiger partial charge in [0.1, 0.15) is 0 Å². The van der Waals surface area contributed by atoms with Crippen LogP contribution in [0.3, 0.4) is 0 Å². The fourth-order valence-electron chi connectivity index (χ4n) is 1.09. The van der Waals surface area contributed by atoms with E-state index in [9.17, 15) is 0 Å². The average molecular weight is 211 g/mol. The van der Waals surface area contributed by atoms with Gasteiger partial charge in [0, 0.05) is 11.4 Å². The highest BCUT2D eigenvalue weighted by Crippen LogP contribution is 2.15. The number of hydrogen-bond acceptors (Lipinski definition) is 3. The van der Waals surface area contributed by atoms with Gasteiger partial charge in [-0.25, -0.2) is 0 Å². The number of rotatable bonds is 6. The van der Waals surface area contributed by atoms with Gasteiger partial charge in [-0.1, -0.05) is 12.1 Å². The molecule has 3 heteroatoms. The Balaban J connectivity index is 2.29. The Bertz CT molecular complexity index is 248. The van der Waals surface area contributed by atoms with E-state index in [1.54, 1.807) is 11.8 Å². The molecule has 2 nitrogen and oxygen atoms in total. The number of likely N-dealkylation sites (N-methyl/N-ethyl adjacent to an activating group) is 1. The van der Waals surface area contributed by atoms with Crippen molar-refractivity contribution in [2.45, 2.75) is 11.5 Å². The molecule has 0 heterocycles. The van der Waals surface area contributed by atoms with Gasteiger partial charge in [-0.3, -0.25) is 0 Å². The highest BCUT2D eigenvalue weighted by Gasteiger charge is 1.93. The molecule has 0 bridgehead atoms. The standard InChI is InChI=1S/C11H17NOS/c1-12-7-8-13-9-10-3-5-11(14-2)6-4-10/h3-6,12H,7-9H2,1-2H3. The molecule has 14 heavy (non-hydrogen) atoms. The zero-order valence-electron chi connectivity index (χ0n) is 8.75. The van der Waals surface area contributed by atoms with Gasteiger partial charge in [0.2, 0.25) is 0 Å². The first kappa shape index (κ1) is 11.6. The van der Waals surface area contributed by atoms with Crippen molar-refractivity contribution in [1.29, 1.82) is 0 Å². The summed E-state index contributed by atoms with van der Waals surface area (Å²) in [7, 11) is 1.93. The minimum atomic E-state index is 0.705. The maximum absolute atomic E-state index is 5.46. The lowest BCUT2D eigenvalue weighted by Crippen LogP contribution is -2.13. The van der Waals surface area contributed by atoms with Crippen molar-refractivity contribution in [3.63, 3.8) is 0 Å². The van der Waals surface area contributed by atoms with Crippen molar-refractivity contribution in [1.82, 2.24) is 5.32 Å². The molecule has 0 atom stereocenters. The van der Waals surface area contributed by atoms with Crippen molar-refractivity contribution in [2.24, 2.45) is 0 Å². The third-order valence-electron chi connectivity index (χ3n) is 1.92. The van der Waals surface area contributed by atoms with Gasteiger partial charge in [-0.15, -0.1) is 11.8 Å². The zero-order valence-corrected chi connectivity index (χ0v) is 9.56. The molecular weight excluding hydrogens is 194 g/mol. The smallest absolute Gasteiger partial charge is 0.0717 e. The molecule has 1 aromatic rings. The fourth-order valence-corrected chi connectivity index (χ4v) is 1.49. The van der Waals surface area contributed by atoms with Crippen LogP contribution in [-0.2, 0) is 11.3 Å². The van der Waals surface area contributed by atoms with Gasteiger partial charge in [0.25, 0.3) is 0 Å². The van der Waals surface area contributed by atoms with E-state index in [0.29, 0.717) is 6.61 Å². The monoisotopic (exact) mass is 211 g/mol. The van der Waals surface area contributed by atoms with Crippen LogP contribution in [-0.4, -0.2) is 26.5 Å².